The maximum Gasteiger partial charge on any atom is 0.164 e. The van der Waals surface area contributed by atoms with E-state index in [1.165, 1.54) is 36.0 Å². The highest BCUT2D eigenvalue weighted by Gasteiger charge is 2.28. The second-order valence-electron chi connectivity index (χ2n) is 6.69. The van der Waals surface area contributed by atoms with Crippen molar-refractivity contribution in [3.63, 3.8) is 0 Å². The van der Waals surface area contributed by atoms with Gasteiger partial charge in [0, 0.05) is 19.0 Å². The lowest BCUT2D eigenvalue weighted by molar-refractivity contribution is 0.393. The second-order valence-corrected chi connectivity index (χ2v) is 6.69. The van der Waals surface area contributed by atoms with Gasteiger partial charge in [-0.25, -0.2) is 4.68 Å². The number of nitrogens with one attached hydrogen (secondary N) is 1. The average molecular weight is 333 g/mol. The molecule has 0 amide bonds. The molecule has 0 fully saturated rings. The minimum absolute atomic E-state index is 0.249. The molecule has 3 aromatic rings. The van der Waals surface area contributed by atoms with Gasteiger partial charge < -0.3 is 5.32 Å². The molecule has 128 valence electrons. The molecule has 0 unspecified atom stereocenters. The average Bonchev–Trinajstić information content (AvgIpc) is 3.08. The number of fused-ring (bicyclic) bond motifs is 1. The van der Waals surface area contributed by atoms with Crippen molar-refractivity contribution in [1.82, 2.24) is 25.5 Å². The fraction of sp³-hybridized carbons (Fsp3) is 0.350. The number of aryl methyl sites for hydroxylation is 2. The summed E-state index contributed by atoms with van der Waals surface area (Å²) in [6, 6.07) is 19.8. The SMILES string of the molecule is Cn1nnnc1CN[C@@H](c1ccccc1)[C@H]1CCCc2ccccc21. The molecule has 0 aliphatic heterocycles. The Hall–Kier alpha value is -2.53. The molecule has 0 spiro atoms. The lowest BCUT2D eigenvalue weighted by atomic mass is 9.76. The van der Waals surface area contributed by atoms with Crippen molar-refractivity contribution in [2.75, 3.05) is 0 Å². The van der Waals surface area contributed by atoms with Crippen molar-refractivity contribution in [2.45, 2.75) is 37.8 Å². The number of hydrogen-bond acceptors (Lipinski definition) is 4. The summed E-state index contributed by atoms with van der Waals surface area (Å²) in [5, 5.41) is 15.5. The van der Waals surface area contributed by atoms with Crippen molar-refractivity contribution in [3.05, 3.63) is 77.1 Å². The van der Waals surface area contributed by atoms with E-state index in [4.69, 9.17) is 0 Å². The van der Waals surface area contributed by atoms with Gasteiger partial charge in [0.1, 0.15) is 0 Å². The molecule has 5 nitrogen and oxygen atoms in total. The van der Waals surface area contributed by atoms with Crippen LogP contribution in [0, 0.1) is 0 Å². The van der Waals surface area contributed by atoms with Crippen LogP contribution in [0.15, 0.2) is 54.6 Å². The van der Waals surface area contributed by atoms with Gasteiger partial charge in [-0.1, -0.05) is 54.6 Å². The molecule has 2 aromatic carbocycles. The highest BCUT2D eigenvalue weighted by atomic mass is 15.5. The Morgan fingerprint density at radius 2 is 1.92 bits per heavy atom. The van der Waals surface area contributed by atoms with Gasteiger partial charge in [0.25, 0.3) is 0 Å². The van der Waals surface area contributed by atoms with Crippen LogP contribution in [0.4, 0.5) is 0 Å². The molecule has 2 atom stereocenters. The summed E-state index contributed by atoms with van der Waals surface area (Å²) in [4.78, 5) is 0. The number of benzene rings is 2. The predicted molar refractivity (Wildman–Crippen MR) is 96.9 cm³/mol. The predicted octanol–water partition coefficient (Wildman–Crippen LogP) is 3.16. The smallest absolute Gasteiger partial charge is 0.164 e. The molecular formula is C20H23N5. The Morgan fingerprint density at radius 3 is 2.72 bits per heavy atom. The van der Waals surface area contributed by atoms with Gasteiger partial charge in [-0.05, 0) is 46.4 Å². The Kier molecular flexibility index (Phi) is 4.57. The Labute approximate surface area is 148 Å². The third-order valence-corrected chi connectivity index (χ3v) is 5.16. The Bertz CT molecular complexity index is 827. The molecule has 25 heavy (non-hydrogen) atoms. The maximum atomic E-state index is 4.11. The Balaban J connectivity index is 1.65. The fourth-order valence-electron chi connectivity index (χ4n) is 3.89. The lowest BCUT2D eigenvalue weighted by Gasteiger charge is -2.33. The van der Waals surface area contributed by atoms with Gasteiger partial charge in [-0.2, -0.15) is 0 Å². The van der Waals surface area contributed by atoms with E-state index < -0.39 is 0 Å². The summed E-state index contributed by atoms with van der Waals surface area (Å²) in [7, 11) is 1.88. The number of tetrazole rings is 1. The van der Waals surface area contributed by atoms with Crippen molar-refractivity contribution in [1.29, 1.82) is 0 Å². The van der Waals surface area contributed by atoms with Crippen LogP contribution in [0.5, 0.6) is 0 Å². The monoisotopic (exact) mass is 333 g/mol. The molecule has 1 aliphatic carbocycles. The normalized spacial score (nSPS) is 17.9. The molecule has 5 heteroatoms. The Morgan fingerprint density at radius 1 is 1.12 bits per heavy atom. The summed E-state index contributed by atoms with van der Waals surface area (Å²) in [5.41, 5.74) is 4.28. The zero-order valence-electron chi connectivity index (χ0n) is 14.5. The van der Waals surface area contributed by atoms with Crippen LogP contribution in [-0.2, 0) is 20.0 Å². The van der Waals surface area contributed by atoms with Crippen LogP contribution in [0.1, 0.15) is 47.3 Å². The molecule has 1 heterocycles. The molecule has 1 aliphatic rings. The molecule has 1 N–H and O–H groups in total. The molecule has 0 bridgehead atoms. The highest BCUT2D eigenvalue weighted by molar-refractivity contribution is 5.36. The first-order chi connectivity index (χ1) is 12.3. The molecule has 0 saturated carbocycles. The van der Waals surface area contributed by atoms with Crippen molar-refractivity contribution >= 4 is 0 Å². The van der Waals surface area contributed by atoms with E-state index in [-0.39, 0.29) is 6.04 Å². The highest BCUT2D eigenvalue weighted by Crippen LogP contribution is 2.40. The first-order valence-electron chi connectivity index (χ1n) is 8.90. The lowest BCUT2D eigenvalue weighted by Crippen LogP contribution is -2.30. The van der Waals surface area contributed by atoms with Crippen LogP contribution in [-0.4, -0.2) is 20.2 Å². The quantitative estimate of drug-likeness (QED) is 0.779. The van der Waals surface area contributed by atoms with E-state index in [1.54, 1.807) is 4.68 Å². The zero-order chi connectivity index (χ0) is 17.1. The van der Waals surface area contributed by atoms with Gasteiger partial charge in [0.15, 0.2) is 5.82 Å². The third-order valence-electron chi connectivity index (χ3n) is 5.16. The van der Waals surface area contributed by atoms with Crippen LogP contribution in [0.25, 0.3) is 0 Å². The van der Waals surface area contributed by atoms with Gasteiger partial charge in [-0.15, -0.1) is 5.10 Å². The zero-order valence-corrected chi connectivity index (χ0v) is 14.5. The van der Waals surface area contributed by atoms with E-state index in [0.717, 1.165) is 5.82 Å². The number of rotatable bonds is 5. The molecule has 4 rings (SSSR count). The third kappa shape index (κ3) is 3.33. The molecule has 0 saturated heterocycles. The van der Waals surface area contributed by atoms with Crippen LogP contribution in [0.2, 0.25) is 0 Å². The fourth-order valence-corrected chi connectivity index (χ4v) is 3.89. The topological polar surface area (TPSA) is 55.6 Å². The maximum absolute atomic E-state index is 4.11. The van der Waals surface area contributed by atoms with Crippen molar-refractivity contribution in [2.24, 2.45) is 7.05 Å². The molecule has 0 radical (unpaired) electrons. The summed E-state index contributed by atoms with van der Waals surface area (Å²) in [6.07, 6.45) is 3.61. The van der Waals surface area contributed by atoms with Crippen LogP contribution < -0.4 is 5.32 Å². The van der Waals surface area contributed by atoms with E-state index in [0.29, 0.717) is 12.5 Å². The summed E-state index contributed by atoms with van der Waals surface area (Å²) in [5.74, 6) is 1.32. The summed E-state index contributed by atoms with van der Waals surface area (Å²) >= 11 is 0. The second kappa shape index (κ2) is 7.15. The number of aromatic nitrogens is 4. The number of hydrogen-bond donors (Lipinski definition) is 1. The minimum Gasteiger partial charge on any atom is -0.302 e. The van der Waals surface area contributed by atoms with Crippen LogP contribution >= 0.6 is 0 Å². The first-order valence-corrected chi connectivity index (χ1v) is 8.90. The van der Waals surface area contributed by atoms with Gasteiger partial charge in [-0.3, -0.25) is 0 Å². The van der Waals surface area contributed by atoms with Crippen molar-refractivity contribution in [3.8, 4) is 0 Å². The van der Waals surface area contributed by atoms with Gasteiger partial charge >= 0.3 is 0 Å². The van der Waals surface area contributed by atoms with Crippen LogP contribution in [0.3, 0.4) is 0 Å². The molecule has 1 aromatic heterocycles. The summed E-state index contributed by atoms with van der Waals surface area (Å²) < 4.78 is 1.73. The van der Waals surface area contributed by atoms with E-state index in [1.807, 2.05) is 7.05 Å². The minimum atomic E-state index is 0.249. The van der Waals surface area contributed by atoms with E-state index >= 15 is 0 Å². The van der Waals surface area contributed by atoms with Gasteiger partial charge in [0.05, 0.1) is 6.54 Å². The largest absolute Gasteiger partial charge is 0.302 e. The molecular weight excluding hydrogens is 310 g/mol. The van der Waals surface area contributed by atoms with E-state index in [2.05, 4.69) is 75.4 Å². The number of nitrogens with zero attached hydrogens (tertiary/aromatic N) is 4. The van der Waals surface area contributed by atoms with Gasteiger partial charge in [0.2, 0.25) is 0 Å². The standard InChI is InChI=1S/C20H23N5/c1-25-19(22-23-24-25)14-21-20(16-9-3-2-4-10-16)18-13-7-11-15-8-5-6-12-17(15)18/h2-6,8-10,12,18,20-21H,7,11,13-14H2,1H3/t18-,20-/m0/s1. The summed E-state index contributed by atoms with van der Waals surface area (Å²) in [6.45, 7) is 0.654. The first kappa shape index (κ1) is 16.0. The van der Waals surface area contributed by atoms with Crippen molar-refractivity contribution < 1.29 is 0 Å². The van der Waals surface area contributed by atoms with E-state index in [9.17, 15) is 0 Å².